The maximum Gasteiger partial charge on any atom is 0.315 e. The minimum atomic E-state index is -0.315. The number of ether oxygens (including phenoxy) is 4. The van der Waals surface area contributed by atoms with Gasteiger partial charge in [-0.1, -0.05) is 27.7 Å². The largest absolute Gasteiger partial charge is 0.493 e. The fourth-order valence-corrected chi connectivity index (χ4v) is 9.79. The van der Waals surface area contributed by atoms with Gasteiger partial charge in [-0.2, -0.15) is 16.9 Å². The van der Waals surface area contributed by atoms with Crippen molar-refractivity contribution in [2.45, 2.75) is 49.6 Å². The van der Waals surface area contributed by atoms with E-state index in [4.69, 9.17) is 24.0 Å². The quantitative estimate of drug-likeness (QED) is 0.0506. The fraction of sp³-hybridized carbons (Fsp3) is 0.514. The molecule has 12 nitrogen and oxygen atoms in total. The number of amides is 3. The predicted octanol–water partition coefficient (Wildman–Crippen LogP) is 5.22. The molecule has 2 aliphatic heterocycles. The standard InChI is InChI=1S/C35H45FN6O6S3/c1-45-28-18-22-17-26-32(25(22)20-29(28)46-2)41-42(34(26)38-24-6-3-5-23(36)19-24)10-11-47-12-13-48-14-16-51-50-15-9-37-31(43)8-4-7-30-33-27(21-49-30)39-35(44)40-33/h3,5-6,18-20,27,30,33,38H,4,7-17,21H2,1-2H3,(H,37,43)(H2,39,40,44). The summed E-state index contributed by atoms with van der Waals surface area (Å²) in [6.07, 6.45) is 2.93. The molecule has 51 heavy (non-hydrogen) atoms. The van der Waals surface area contributed by atoms with E-state index in [0.29, 0.717) is 74.8 Å². The SMILES string of the molecule is COc1cc2c(cc1OC)-c1nn(CCOCCOCCSSCCNC(=O)CCCC3SCC4NC(=O)NC43)c(Nc3cccc(F)c3)c1C2. The van der Waals surface area contributed by atoms with Crippen molar-refractivity contribution >= 4 is 56.8 Å². The summed E-state index contributed by atoms with van der Waals surface area (Å²) in [5.74, 6) is 4.49. The second-order valence-corrected chi connectivity index (χ2v) is 16.3. The Bertz CT molecular complexity index is 1660. The second kappa shape index (κ2) is 18.4. The molecule has 4 N–H and O–H groups in total. The van der Waals surface area contributed by atoms with E-state index in [1.54, 1.807) is 41.9 Å². The first kappa shape index (κ1) is 37.4. The summed E-state index contributed by atoms with van der Waals surface area (Å²) < 4.78 is 38.5. The number of halogens is 1. The Morgan fingerprint density at radius 2 is 1.86 bits per heavy atom. The third-order valence-corrected chi connectivity index (χ3v) is 12.8. The number of urea groups is 1. The van der Waals surface area contributed by atoms with Crippen molar-refractivity contribution in [2.75, 3.05) is 69.8 Å². The highest BCUT2D eigenvalue weighted by atomic mass is 33.1. The van der Waals surface area contributed by atoms with Gasteiger partial charge in [0.2, 0.25) is 5.91 Å². The lowest BCUT2D eigenvalue weighted by atomic mass is 10.0. The van der Waals surface area contributed by atoms with E-state index in [1.165, 1.54) is 12.1 Å². The Morgan fingerprint density at radius 3 is 2.69 bits per heavy atom. The van der Waals surface area contributed by atoms with Crippen molar-refractivity contribution in [2.24, 2.45) is 0 Å². The highest BCUT2D eigenvalue weighted by Gasteiger charge is 2.42. The summed E-state index contributed by atoms with van der Waals surface area (Å²) in [4.78, 5) is 23.7. The van der Waals surface area contributed by atoms with Gasteiger partial charge in [-0.15, -0.1) is 0 Å². The summed E-state index contributed by atoms with van der Waals surface area (Å²) in [6, 6.07) is 10.7. The molecule has 3 atom stereocenters. The molecule has 1 aliphatic carbocycles. The van der Waals surface area contributed by atoms with Crippen LogP contribution in [0.4, 0.5) is 20.7 Å². The first-order valence-corrected chi connectivity index (χ1v) is 20.7. The number of hydrogen-bond donors (Lipinski definition) is 4. The number of hydrogen-bond acceptors (Lipinski definition) is 11. The number of anilines is 2. The molecule has 6 rings (SSSR count). The van der Waals surface area contributed by atoms with Crippen LogP contribution in [-0.4, -0.2) is 104 Å². The Hall–Kier alpha value is -3.31. The van der Waals surface area contributed by atoms with Crippen LogP contribution in [0.3, 0.4) is 0 Å². The van der Waals surface area contributed by atoms with Crippen molar-refractivity contribution < 1.29 is 32.9 Å². The number of methoxy groups -OCH3 is 2. The van der Waals surface area contributed by atoms with Crippen LogP contribution in [0.5, 0.6) is 11.5 Å². The molecule has 2 fully saturated rings. The van der Waals surface area contributed by atoms with Crippen LogP contribution < -0.4 is 30.7 Å². The molecule has 2 aromatic carbocycles. The minimum Gasteiger partial charge on any atom is -0.493 e. The van der Waals surface area contributed by atoms with Gasteiger partial charge in [0.15, 0.2) is 11.5 Å². The number of nitrogens with one attached hydrogen (secondary N) is 4. The van der Waals surface area contributed by atoms with E-state index in [0.717, 1.165) is 58.3 Å². The zero-order chi connectivity index (χ0) is 35.6. The summed E-state index contributed by atoms with van der Waals surface area (Å²) >= 11 is 1.88. The lowest BCUT2D eigenvalue weighted by molar-refractivity contribution is -0.121. The molecule has 3 unspecified atom stereocenters. The molecule has 0 saturated carbocycles. The Balaban J connectivity index is 0.840. The second-order valence-electron chi connectivity index (χ2n) is 12.3. The van der Waals surface area contributed by atoms with Gasteiger partial charge in [0.25, 0.3) is 0 Å². The van der Waals surface area contributed by atoms with Crippen LogP contribution in [-0.2, 0) is 27.2 Å². The molecule has 3 aromatic rings. The van der Waals surface area contributed by atoms with Gasteiger partial charge in [-0.25, -0.2) is 13.9 Å². The van der Waals surface area contributed by atoms with Gasteiger partial charge in [-0.3, -0.25) is 4.79 Å². The Labute approximate surface area is 309 Å². The topological polar surface area (TPSA) is 137 Å². The third-order valence-electron chi connectivity index (χ3n) is 8.92. The average Bonchev–Trinajstić information content (AvgIpc) is 3.87. The van der Waals surface area contributed by atoms with Gasteiger partial charge < -0.3 is 40.2 Å². The van der Waals surface area contributed by atoms with Crippen LogP contribution in [0, 0.1) is 5.82 Å². The first-order valence-electron chi connectivity index (χ1n) is 17.2. The summed E-state index contributed by atoms with van der Waals surface area (Å²) in [5.41, 5.74) is 4.61. The molecular formula is C35H45FN6O6S3. The minimum absolute atomic E-state index is 0.0745. The van der Waals surface area contributed by atoms with E-state index in [2.05, 4.69) is 21.3 Å². The molecule has 1 aromatic heterocycles. The number of rotatable bonds is 21. The number of carbonyl (C=O) groups is 2. The van der Waals surface area contributed by atoms with Gasteiger partial charge in [-0.05, 0) is 48.7 Å². The molecule has 0 spiro atoms. The smallest absolute Gasteiger partial charge is 0.315 e. The van der Waals surface area contributed by atoms with E-state index in [1.807, 2.05) is 34.6 Å². The highest BCUT2D eigenvalue weighted by molar-refractivity contribution is 8.76. The summed E-state index contributed by atoms with van der Waals surface area (Å²) in [7, 11) is 6.69. The number of aromatic nitrogens is 2. The van der Waals surface area contributed by atoms with E-state index < -0.39 is 0 Å². The molecule has 0 radical (unpaired) electrons. The number of benzene rings is 2. The molecular weight excluding hydrogens is 716 g/mol. The van der Waals surface area contributed by atoms with Crippen LogP contribution in [0.25, 0.3) is 11.3 Å². The van der Waals surface area contributed by atoms with Crippen molar-refractivity contribution in [1.82, 2.24) is 25.7 Å². The monoisotopic (exact) mass is 760 g/mol. The summed E-state index contributed by atoms with van der Waals surface area (Å²) in [5, 5.41) is 17.7. The summed E-state index contributed by atoms with van der Waals surface area (Å²) in [6.45, 7) is 3.16. The Morgan fingerprint density at radius 1 is 1.06 bits per heavy atom. The third kappa shape index (κ3) is 9.77. The lowest BCUT2D eigenvalue weighted by Gasteiger charge is -2.16. The zero-order valence-corrected chi connectivity index (χ0v) is 31.3. The van der Waals surface area contributed by atoms with E-state index in [-0.39, 0.29) is 29.8 Å². The molecule has 3 heterocycles. The van der Waals surface area contributed by atoms with E-state index >= 15 is 0 Å². The maximum atomic E-state index is 14.0. The van der Waals surface area contributed by atoms with Gasteiger partial charge >= 0.3 is 6.03 Å². The van der Waals surface area contributed by atoms with Crippen LogP contribution in [0.1, 0.15) is 30.4 Å². The fourth-order valence-electron chi connectivity index (χ4n) is 6.48. The molecule has 0 bridgehead atoms. The average molecular weight is 761 g/mol. The number of carbonyl (C=O) groups excluding carboxylic acids is 2. The molecule has 276 valence electrons. The van der Waals surface area contributed by atoms with Crippen molar-refractivity contribution in [1.29, 1.82) is 0 Å². The highest BCUT2D eigenvalue weighted by Crippen LogP contribution is 2.45. The number of thioether (sulfide) groups is 1. The zero-order valence-electron chi connectivity index (χ0n) is 28.8. The molecule has 16 heteroatoms. The lowest BCUT2D eigenvalue weighted by Crippen LogP contribution is -2.37. The number of nitrogens with zero attached hydrogens (tertiary/aromatic N) is 2. The number of fused-ring (bicyclic) bond motifs is 4. The van der Waals surface area contributed by atoms with Gasteiger partial charge in [0.05, 0.1) is 65.0 Å². The normalized spacial score (nSPS) is 18.5. The van der Waals surface area contributed by atoms with Gasteiger partial charge in [0.1, 0.15) is 11.6 Å². The van der Waals surface area contributed by atoms with Crippen LogP contribution >= 0.6 is 33.3 Å². The van der Waals surface area contributed by atoms with Crippen molar-refractivity contribution in [3.63, 3.8) is 0 Å². The molecule has 2 saturated heterocycles. The van der Waals surface area contributed by atoms with Crippen LogP contribution in [0.2, 0.25) is 0 Å². The predicted molar refractivity (Wildman–Crippen MR) is 202 cm³/mol. The van der Waals surface area contributed by atoms with Crippen LogP contribution in [0.15, 0.2) is 36.4 Å². The molecule has 3 amide bonds. The maximum absolute atomic E-state index is 14.0. The molecule has 3 aliphatic rings. The van der Waals surface area contributed by atoms with Gasteiger partial charge in [0, 0.05) is 58.7 Å². The Kier molecular flexibility index (Phi) is 13.5. The van der Waals surface area contributed by atoms with E-state index in [9.17, 15) is 14.0 Å². The first-order chi connectivity index (χ1) is 24.9. The van der Waals surface area contributed by atoms with Crippen molar-refractivity contribution in [3.05, 3.63) is 53.3 Å². The van der Waals surface area contributed by atoms with Crippen molar-refractivity contribution in [3.8, 4) is 22.8 Å².